The summed E-state index contributed by atoms with van der Waals surface area (Å²) in [5.74, 6) is 0. The standard InChI is InChI=1S/C13H17N3/c1-3-13(9-14-5-1)4-2-11(6-13)12-7-15-10-16-8-12/h6-8,10,14H,1-5,9H2. The SMILES string of the molecule is C1=C(c2cncnc2)CCC12CCCNC2. The Bertz CT molecular complexity index is 391. The van der Waals surface area contributed by atoms with Crippen LogP contribution in [0.5, 0.6) is 0 Å². The van der Waals surface area contributed by atoms with Gasteiger partial charge in [-0.25, -0.2) is 9.97 Å². The Hall–Kier alpha value is -1.22. The Morgan fingerprint density at radius 1 is 1.19 bits per heavy atom. The summed E-state index contributed by atoms with van der Waals surface area (Å²) in [6.45, 7) is 2.32. The predicted octanol–water partition coefficient (Wildman–Crippen LogP) is 2.02. The highest BCUT2D eigenvalue weighted by molar-refractivity contribution is 5.67. The lowest BCUT2D eigenvalue weighted by atomic mass is 9.80. The molecule has 0 amide bonds. The van der Waals surface area contributed by atoms with Crippen LogP contribution in [0.25, 0.3) is 5.57 Å². The van der Waals surface area contributed by atoms with E-state index in [1.165, 1.54) is 43.4 Å². The average Bonchev–Trinajstić information content (AvgIpc) is 2.75. The number of hydrogen-bond acceptors (Lipinski definition) is 3. The Labute approximate surface area is 96.0 Å². The summed E-state index contributed by atoms with van der Waals surface area (Å²) in [6.07, 6.45) is 13.0. The molecule has 0 radical (unpaired) electrons. The third-order valence-corrected chi connectivity index (χ3v) is 3.81. The molecule has 1 saturated heterocycles. The Morgan fingerprint density at radius 3 is 2.81 bits per heavy atom. The zero-order valence-electron chi connectivity index (χ0n) is 9.45. The second-order valence-electron chi connectivity index (χ2n) is 4.94. The molecule has 1 aromatic heterocycles. The molecule has 1 spiro atoms. The molecule has 84 valence electrons. The Balaban J connectivity index is 1.86. The smallest absolute Gasteiger partial charge is 0.115 e. The molecule has 1 unspecified atom stereocenters. The molecule has 1 N–H and O–H groups in total. The summed E-state index contributed by atoms with van der Waals surface area (Å²) < 4.78 is 0. The van der Waals surface area contributed by atoms with Gasteiger partial charge in [-0.15, -0.1) is 0 Å². The molecular formula is C13H17N3. The maximum Gasteiger partial charge on any atom is 0.115 e. The van der Waals surface area contributed by atoms with E-state index in [0.717, 1.165) is 6.54 Å². The Kier molecular flexibility index (Phi) is 2.48. The molecule has 1 aromatic rings. The monoisotopic (exact) mass is 215 g/mol. The van der Waals surface area contributed by atoms with Gasteiger partial charge in [-0.2, -0.15) is 0 Å². The van der Waals surface area contributed by atoms with Crippen LogP contribution in [0.15, 0.2) is 24.8 Å². The van der Waals surface area contributed by atoms with Crippen molar-refractivity contribution in [1.82, 2.24) is 15.3 Å². The fraction of sp³-hybridized carbons (Fsp3) is 0.538. The van der Waals surface area contributed by atoms with E-state index in [1.807, 2.05) is 12.4 Å². The maximum absolute atomic E-state index is 4.10. The van der Waals surface area contributed by atoms with Gasteiger partial charge < -0.3 is 5.32 Å². The Morgan fingerprint density at radius 2 is 2.06 bits per heavy atom. The molecule has 2 aliphatic rings. The largest absolute Gasteiger partial charge is 0.316 e. The van der Waals surface area contributed by atoms with E-state index in [9.17, 15) is 0 Å². The zero-order valence-corrected chi connectivity index (χ0v) is 9.45. The molecule has 3 heteroatoms. The maximum atomic E-state index is 4.10. The number of hydrogen-bond donors (Lipinski definition) is 1. The topological polar surface area (TPSA) is 37.8 Å². The fourth-order valence-corrected chi connectivity index (χ4v) is 2.92. The molecule has 1 atom stereocenters. The van der Waals surface area contributed by atoms with Crippen LogP contribution in [-0.2, 0) is 0 Å². The van der Waals surface area contributed by atoms with Gasteiger partial charge in [-0.05, 0) is 37.8 Å². The minimum absolute atomic E-state index is 0.420. The van der Waals surface area contributed by atoms with Crippen molar-refractivity contribution in [3.63, 3.8) is 0 Å². The quantitative estimate of drug-likeness (QED) is 0.779. The first-order chi connectivity index (χ1) is 7.88. The molecule has 0 saturated carbocycles. The van der Waals surface area contributed by atoms with E-state index in [0.29, 0.717) is 5.41 Å². The van der Waals surface area contributed by atoms with E-state index in [1.54, 1.807) is 6.33 Å². The summed E-state index contributed by atoms with van der Waals surface area (Å²) in [7, 11) is 0. The molecule has 1 fully saturated rings. The first kappa shape index (κ1) is 9.97. The summed E-state index contributed by atoms with van der Waals surface area (Å²) in [5.41, 5.74) is 3.05. The van der Waals surface area contributed by atoms with E-state index >= 15 is 0 Å². The van der Waals surface area contributed by atoms with E-state index < -0.39 is 0 Å². The van der Waals surface area contributed by atoms with Crippen molar-refractivity contribution in [2.24, 2.45) is 5.41 Å². The third-order valence-electron chi connectivity index (χ3n) is 3.81. The summed E-state index contributed by atoms with van der Waals surface area (Å²) >= 11 is 0. The van der Waals surface area contributed by atoms with E-state index in [-0.39, 0.29) is 0 Å². The lowest BCUT2D eigenvalue weighted by Crippen LogP contribution is -2.37. The van der Waals surface area contributed by atoms with Crippen LogP contribution in [0, 0.1) is 5.41 Å². The number of nitrogens with one attached hydrogen (secondary N) is 1. The van der Waals surface area contributed by atoms with Crippen LogP contribution in [0.4, 0.5) is 0 Å². The minimum atomic E-state index is 0.420. The summed E-state index contributed by atoms with van der Waals surface area (Å²) in [5, 5.41) is 3.51. The lowest BCUT2D eigenvalue weighted by Gasteiger charge is -2.32. The summed E-state index contributed by atoms with van der Waals surface area (Å²) in [6, 6.07) is 0. The van der Waals surface area contributed by atoms with Crippen molar-refractivity contribution in [1.29, 1.82) is 0 Å². The van der Waals surface area contributed by atoms with Crippen LogP contribution in [0.3, 0.4) is 0 Å². The number of rotatable bonds is 1. The van der Waals surface area contributed by atoms with Crippen LogP contribution >= 0.6 is 0 Å². The van der Waals surface area contributed by atoms with Crippen molar-refractivity contribution in [2.45, 2.75) is 25.7 Å². The molecule has 1 aliphatic carbocycles. The third kappa shape index (κ3) is 1.76. The molecule has 16 heavy (non-hydrogen) atoms. The second-order valence-corrected chi connectivity index (χ2v) is 4.94. The van der Waals surface area contributed by atoms with Crippen LogP contribution in [0.2, 0.25) is 0 Å². The highest BCUT2D eigenvalue weighted by atomic mass is 14.9. The van der Waals surface area contributed by atoms with E-state index in [2.05, 4.69) is 21.4 Å². The second kappa shape index (κ2) is 3.98. The fourth-order valence-electron chi connectivity index (χ4n) is 2.92. The molecule has 0 aromatic carbocycles. The first-order valence-corrected chi connectivity index (χ1v) is 6.06. The van der Waals surface area contributed by atoms with Crippen molar-refractivity contribution in [3.8, 4) is 0 Å². The minimum Gasteiger partial charge on any atom is -0.316 e. The van der Waals surface area contributed by atoms with Gasteiger partial charge in [0.25, 0.3) is 0 Å². The van der Waals surface area contributed by atoms with Crippen LogP contribution < -0.4 is 5.32 Å². The van der Waals surface area contributed by atoms with Gasteiger partial charge in [0, 0.05) is 29.9 Å². The average molecular weight is 215 g/mol. The molecule has 3 rings (SSSR count). The lowest BCUT2D eigenvalue weighted by molar-refractivity contribution is 0.274. The van der Waals surface area contributed by atoms with Crippen molar-refractivity contribution in [2.75, 3.05) is 13.1 Å². The molecule has 3 nitrogen and oxygen atoms in total. The number of piperidine rings is 1. The highest BCUT2D eigenvalue weighted by Gasteiger charge is 2.34. The van der Waals surface area contributed by atoms with Gasteiger partial charge in [0.15, 0.2) is 0 Å². The van der Waals surface area contributed by atoms with Crippen molar-refractivity contribution in [3.05, 3.63) is 30.4 Å². The normalized spacial score (nSPS) is 29.4. The van der Waals surface area contributed by atoms with Crippen LogP contribution in [0.1, 0.15) is 31.2 Å². The summed E-state index contributed by atoms with van der Waals surface area (Å²) in [4.78, 5) is 8.19. The zero-order chi connectivity index (χ0) is 10.8. The number of aromatic nitrogens is 2. The van der Waals surface area contributed by atoms with Gasteiger partial charge >= 0.3 is 0 Å². The van der Waals surface area contributed by atoms with Gasteiger partial charge in [-0.3, -0.25) is 0 Å². The van der Waals surface area contributed by atoms with E-state index in [4.69, 9.17) is 0 Å². The number of nitrogens with zero attached hydrogens (tertiary/aromatic N) is 2. The van der Waals surface area contributed by atoms with Crippen molar-refractivity contribution < 1.29 is 0 Å². The van der Waals surface area contributed by atoms with Gasteiger partial charge in [0.2, 0.25) is 0 Å². The molecular weight excluding hydrogens is 198 g/mol. The molecule has 2 heterocycles. The van der Waals surface area contributed by atoms with Crippen LogP contribution in [-0.4, -0.2) is 23.1 Å². The first-order valence-electron chi connectivity index (χ1n) is 6.06. The predicted molar refractivity (Wildman–Crippen MR) is 63.8 cm³/mol. The van der Waals surface area contributed by atoms with Gasteiger partial charge in [0.1, 0.15) is 6.33 Å². The molecule has 0 bridgehead atoms. The van der Waals surface area contributed by atoms with Gasteiger partial charge in [0.05, 0.1) is 0 Å². The van der Waals surface area contributed by atoms with Gasteiger partial charge in [-0.1, -0.05) is 6.08 Å². The highest BCUT2D eigenvalue weighted by Crippen LogP contribution is 2.43. The number of allylic oxidation sites excluding steroid dienone is 1. The molecule has 1 aliphatic heterocycles. The van der Waals surface area contributed by atoms with Crippen molar-refractivity contribution >= 4 is 5.57 Å².